The van der Waals surface area contributed by atoms with Crippen molar-refractivity contribution in [3.8, 4) is 22.1 Å². The number of methoxy groups -OCH3 is 2. The normalized spacial score (nSPS) is 12.1. The van der Waals surface area contributed by atoms with Gasteiger partial charge >= 0.3 is 6.18 Å². The molecule has 0 bridgehead atoms. The number of rotatable bonds is 15. The van der Waals surface area contributed by atoms with Gasteiger partial charge in [0.25, 0.3) is 0 Å². The van der Waals surface area contributed by atoms with Gasteiger partial charge in [-0.2, -0.15) is 13.2 Å². The van der Waals surface area contributed by atoms with E-state index in [1.54, 1.807) is 19.1 Å². The maximum atomic E-state index is 13.5. The Balaban J connectivity index is 1.65. The number of hydrogen-bond acceptors (Lipinski definition) is 7. The Morgan fingerprint density at radius 2 is 1.71 bits per heavy atom. The van der Waals surface area contributed by atoms with E-state index in [-0.39, 0.29) is 35.8 Å². The number of alkyl halides is 3. The van der Waals surface area contributed by atoms with Crippen LogP contribution >= 0.6 is 11.3 Å². The van der Waals surface area contributed by atoms with Crippen LogP contribution in [0, 0.1) is 5.92 Å². The summed E-state index contributed by atoms with van der Waals surface area (Å²) in [6.07, 6.45) is -0.344. The van der Waals surface area contributed by atoms with Crippen molar-refractivity contribution in [2.75, 3.05) is 32.6 Å². The van der Waals surface area contributed by atoms with E-state index in [1.165, 1.54) is 12.1 Å². The molecule has 0 saturated carbocycles. The molecule has 0 aliphatic rings. The average Bonchev–Trinajstić information content (AvgIpc) is 3.45. The van der Waals surface area contributed by atoms with Gasteiger partial charge < -0.3 is 19.7 Å². The topological polar surface area (TPSA) is 93.7 Å². The van der Waals surface area contributed by atoms with Gasteiger partial charge in [-0.25, -0.2) is 0 Å². The van der Waals surface area contributed by atoms with E-state index in [4.69, 9.17) is 9.47 Å². The molecule has 42 heavy (non-hydrogen) atoms. The predicted molar refractivity (Wildman–Crippen MR) is 157 cm³/mol. The lowest BCUT2D eigenvalue weighted by atomic mass is 9.97. The van der Waals surface area contributed by atoms with E-state index >= 15 is 0 Å². The molecule has 228 valence electrons. The molecule has 1 atom stereocenters. The molecule has 0 radical (unpaired) electrons. The first kappa shape index (κ1) is 32.8. The molecule has 0 fully saturated rings. The van der Waals surface area contributed by atoms with Crippen molar-refractivity contribution in [1.29, 1.82) is 0 Å². The molecule has 2 aromatic carbocycles. The first-order valence-corrected chi connectivity index (χ1v) is 14.7. The molecule has 0 aliphatic carbocycles. The van der Waals surface area contributed by atoms with Crippen LogP contribution in [-0.4, -0.2) is 54.2 Å². The van der Waals surface area contributed by atoms with Crippen LogP contribution in [0.15, 0.2) is 42.5 Å². The molecule has 0 spiro atoms. The summed E-state index contributed by atoms with van der Waals surface area (Å²) in [5.41, 5.74) is 0.682. The highest BCUT2D eigenvalue weighted by molar-refractivity contribution is 7.18. The van der Waals surface area contributed by atoms with Gasteiger partial charge in [0.15, 0.2) is 11.5 Å². The second-order valence-corrected chi connectivity index (χ2v) is 10.8. The maximum absolute atomic E-state index is 13.5. The van der Waals surface area contributed by atoms with Gasteiger partial charge in [-0.15, -0.1) is 10.2 Å². The van der Waals surface area contributed by atoms with Crippen molar-refractivity contribution < 1.29 is 32.2 Å². The molecule has 1 aromatic heterocycles. The number of aromatic nitrogens is 2. The Bertz CT molecular complexity index is 1310. The molecule has 12 heteroatoms. The molecule has 2 amide bonds. The number of nitrogens with zero attached hydrogens (tertiary/aromatic N) is 3. The number of amides is 2. The summed E-state index contributed by atoms with van der Waals surface area (Å²) in [5.74, 6) is 0.798. The van der Waals surface area contributed by atoms with Gasteiger partial charge in [-0.1, -0.05) is 56.2 Å². The summed E-state index contributed by atoms with van der Waals surface area (Å²) in [6.45, 7) is 4.75. The van der Waals surface area contributed by atoms with Crippen LogP contribution in [0.4, 0.5) is 18.3 Å². The van der Waals surface area contributed by atoms with Gasteiger partial charge in [0.1, 0.15) is 5.01 Å². The number of benzene rings is 2. The average molecular weight is 607 g/mol. The van der Waals surface area contributed by atoms with Crippen molar-refractivity contribution >= 4 is 28.3 Å². The van der Waals surface area contributed by atoms with Crippen LogP contribution in [0.1, 0.15) is 57.1 Å². The van der Waals surface area contributed by atoms with Crippen LogP contribution in [0.25, 0.3) is 10.6 Å². The van der Waals surface area contributed by atoms with Gasteiger partial charge in [0.05, 0.1) is 19.8 Å². The Kier molecular flexibility index (Phi) is 12.1. The molecule has 0 saturated heterocycles. The van der Waals surface area contributed by atoms with Crippen molar-refractivity contribution in [2.24, 2.45) is 5.92 Å². The summed E-state index contributed by atoms with van der Waals surface area (Å²) in [7, 11) is 3.14. The molecular weight excluding hydrogens is 569 g/mol. The van der Waals surface area contributed by atoms with E-state index in [1.807, 2.05) is 25.1 Å². The van der Waals surface area contributed by atoms with Crippen LogP contribution in [0.3, 0.4) is 0 Å². The lowest BCUT2D eigenvalue weighted by molar-refractivity contribution is -0.138. The highest BCUT2D eigenvalue weighted by Crippen LogP contribution is 2.32. The molecule has 1 heterocycles. The zero-order valence-corrected chi connectivity index (χ0v) is 25.1. The monoisotopic (exact) mass is 606 g/mol. The number of nitrogens with one attached hydrogen (secondary N) is 1. The third-order valence-electron chi connectivity index (χ3n) is 6.92. The van der Waals surface area contributed by atoms with Gasteiger partial charge in [0.2, 0.25) is 16.9 Å². The summed E-state index contributed by atoms with van der Waals surface area (Å²) >= 11 is 1.06. The van der Waals surface area contributed by atoms with E-state index in [0.717, 1.165) is 54.7 Å². The Hall–Kier alpha value is -3.67. The predicted octanol–water partition coefficient (Wildman–Crippen LogP) is 6.86. The summed E-state index contributed by atoms with van der Waals surface area (Å²) in [6, 6.07) is 10.2. The second-order valence-electron chi connectivity index (χ2n) is 9.80. The fourth-order valence-corrected chi connectivity index (χ4v) is 5.22. The van der Waals surface area contributed by atoms with Crippen molar-refractivity contribution in [2.45, 2.75) is 58.5 Å². The summed E-state index contributed by atoms with van der Waals surface area (Å²) in [4.78, 5) is 28.1. The van der Waals surface area contributed by atoms with Crippen molar-refractivity contribution in [3.05, 3.63) is 53.6 Å². The molecule has 3 aromatic rings. The molecule has 3 rings (SSSR count). The third-order valence-corrected chi connectivity index (χ3v) is 7.81. The van der Waals surface area contributed by atoms with Crippen LogP contribution < -0.4 is 14.8 Å². The number of ether oxygens (including phenoxy) is 2. The number of halogens is 3. The second kappa shape index (κ2) is 15.5. The molecule has 8 nitrogen and oxygen atoms in total. The highest BCUT2D eigenvalue weighted by Gasteiger charge is 2.30. The number of unbranched alkanes of at least 4 members (excludes halogenated alkanes) is 1. The first-order chi connectivity index (χ1) is 20.1. The van der Waals surface area contributed by atoms with Crippen LogP contribution in [-0.2, 0) is 22.2 Å². The zero-order chi connectivity index (χ0) is 30.7. The maximum Gasteiger partial charge on any atom is 0.416 e. The number of anilines is 1. The molecule has 0 aliphatic heterocycles. The Morgan fingerprint density at radius 1 is 1.00 bits per heavy atom. The van der Waals surface area contributed by atoms with Crippen molar-refractivity contribution in [1.82, 2.24) is 15.1 Å². The SMILES string of the molecule is CCCCC(CC)C(=O)N(CCC(=O)Nc1nnc(-c2ccc(C(F)(F)F)cc2)s1)CCc1ccc(OC)c(OC)c1. The van der Waals surface area contributed by atoms with E-state index in [2.05, 4.69) is 22.4 Å². The van der Waals surface area contributed by atoms with E-state index < -0.39 is 11.7 Å². The van der Waals surface area contributed by atoms with Crippen molar-refractivity contribution in [3.63, 3.8) is 0 Å². The number of carbonyl (C=O) groups excluding carboxylic acids is 2. The minimum Gasteiger partial charge on any atom is -0.493 e. The third kappa shape index (κ3) is 9.17. The largest absolute Gasteiger partial charge is 0.493 e. The van der Waals surface area contributed by atoms with Crippen LogP contribution in [0.5, 0.6) is 11.5 Å². The van der Waals surface area contributed by atoms with E-state index in [0.29, 0.717) is 35.0 Å². The summed E-state index contributed by atoms with van der Waals surface area (Å²) in [5, 5.41) is 11.3. The Morgan fingerprint density at radius 3 is 2.33 bits per heavy atom. The number of carbonyl (C=O) groups is 2. The lowest BCUT2D eigenvalue weighted by Crippen LogP contribution is -2.39. The lowest BCUT2D eigenvalue weighted by Gasteiger charge is -2.27. The summed E-state index contributed by atoms with van der Waals surface area (Å²) < 4.78 is 49.3. The minimum atomic E-state index is -4.43. The number of hydrogen-bond donors (Lipinski definition) is 1. The van der Waals surface area contributed by atoms with E-state index in [9.17, 15) is 22.8 Å². The zero-order valence-electron chi connectivity index (χ0n) is 24.3. The standard InChI is InChI=1S/C30H37F3N4O4S/c1-5-7-8-21(6-2)28(39)37(17-15-20-9-14-24(40-3)25(19-20)41-4)18-16-26(38)34-29-36-35-27(42-29)22-10-12-23(13-11-22)30(31,32)33/h9-14,19,21H,5-8,15-18H2,1-4H3,(H,34,36,38). The van der Waals surface area contributed by atoms with Gasteiger partial charge in [-0.05, 0) is 49.1 Å². The molecule has 1 unspecified atom stereocenters. The fourth-order valence-electron chi connectivity index (χ4n) is 4.45. The quantitative estimate of drug-likeness (QED) is 0.203. The fraction of sp³-hybridized carbons (Fsp3) is 0.467. The smallest absolute Gasteiger partial charge is 0.416 e. The molecular formula is C30H37F3N4O4S. The highest BCUT2D eigenvalue weighted by atomic mass is 32.1. The minimum absolute atomic E-state index is 0.0275. The Labute approximate surface area is 248 Å². The van der Waals surface area contributed by atoms with Gasteiger partial charge in [-0.3, -0.25) is 9.59 Å². The van der Waals surface area contributed by atoms with Crippen LogP contribution in [0.2, 0.25) is 0 Å². The molecule has 1 N–H and O–H groups in total. The van der Waals surface area contributed by atoms with Gasteiger partial charge in [0, 0.05) is 31.0 Å². The first-order valence-electron chi connectivity index (χ1n) is 13.9.